The summed E-state index contributed by atoms with van der Waals surface area (Å²) in [5.41, 5.74) is 6.97. The van der Waals surface area contributed by atoms with Crippen LogP contribution in [0.15, 0.2) is 28.7 Å². The van der Waals surface area contributed by atoms with Crippen LogP contribution in [0.25, 0.3) is 0 Å². The third-order valence-corrected chi connectivity index (χ3v) is 3.39. The predicted octanol–water partition coefficient (Wildman–Crippen LogP) is 2.22. The van der Waals surface area contributed by atoms with Gasteiger partial charge in [0.25, 0.3) is 5.91 Å². The van der Waals surface area contributed by atoms with Crippen LogP contribution < -0.4 is 15.6 Å². The molecule has 1 heterocycles. The number of aryl methyl sites for hydroxylation is 3. The van der Waals surface area contributed by atoms with Gasteiger partial charge in [0.1, 0.15) is 17.3 Å². The maximum absolute atomic E-state index is 12.0. The lowest BCUT2D eigenvalue weighted by Crippen LogP contribution is -2.42. The molecule has 0 aliphatic carbocycles. The Morgan fingerprint density at radius 3 is 2.48 bits per heavy atom. The normalized spacial score (nSPS) is 10.3. The van der Waals surface area contributed by atoms with E-state index in [1.807, 2.05) is 25.1 Å². The molecule has 0 unspecified atom stereocenters. The molecule has 0 radical (unpaired) electrons. The van der Waals surface area contributed by atoms with Crippen molar-refractivity contribution in [3.05, 3.63) is 52.5 Å². The van der Waals surface area contributed by atoms with E-state index in [2.05, 4.69) is 10.9 Å². The van der Waals surface area contributed by atoms with Crippen molar-refractivity contribution >= 4 is 11.8 Å². The van der Waals surface area contributed by atoms with Gasteiger partial charge in [0.05, 0.1) is 19.1 Å². The highest BCUT2D eigenvalue weighted by Gasteiger charge is 2.15. The van der Waals surface area contributed by atoms with Gasteiger partial charge >= 0.3 is 0 Å². The van der Waals surface area contributed by atoms with Gasteiger partial charge in [-0.15, -0.1) is 0 Å². The summed E-state index contributed by atoms with van der Waals surface area (Å²) in [6.07, 6.45) is 0.106. The number of amides is 2. The summed E-state index contributed by atoms with van der Waals surface area (Å²) in [5.74, 6) is 1.04. The number of hydrogen-bond donors (Lipinski definition) is 2. The van der Waals surface area contributed by atoms with Crippen LogP contribution in [-0.4, -0.2) is 18.9 Å². The third kappa shape index (κ3) is 4.12. The number of carbonyl (C=O) groups excluding carboxylic acids is 2. The second kappa shape index (κ2) is 7.00. The first-order valence-corrected chi connectivity index (χ1v) is 7.20. The standard InChI is InChI=1S/C17H20N2O4/c1-10-5-6-15(22-4)13(7-10)9-16(20)18-19-17(21)14-8-11(2)23-12(14)3/h5-8H,9H2,1-4H3,(H,18,20)(H,19,21). The van der Waals surface area contributed by atoms with Crippen LogP contribution in [0.4, 0.5) is 0 Å². The summed E-state index contributed by atoms with van der Waals surface area (Å²) in [6, 6.07) is 7.23. The van der Waals surface area contributed by atoms with Gasteiger partial charge in [0, 0.05) is 5.56 Å². The highest BCUT2D eigenvalue weighted by Crippen LogP contribution is 2.20. The fraction of sp³-hybridized carbons (Fsp3) is 0.294. The first kappa shape index (κ1) is 16.6. The molecule has 122 valence electrons. The summed E-state index contributed by atoms with van der Waals surface area (Å²) in [7, 11) is 1.55. The molecule has 0 fully saturated rings. The maximum Gasteiger partial charge on any atom is 0.273 e. The molecule has 1 aromatic heterocycles. The van der Waals surface area contributed by atoms with Crippen LogP contribution in [0.2, 0.25) is 0 Å². The van der Waals surface area contributed by atoms with Crippen LogP contribution in [0.3, 0.4) is 0 Å². The topological polar surface area (TPSA) is 80.6 Å². The van der Waals surface area contributed by atoms with E-state index in [1.165, 1.54) is 0 Å². The molecule has 0 bridgehead atoms. The van der Waals surface area contributed by atoms with Crippen molar-refractivity contribution in [1.29, 1.82) is 0 Å². The number of hydrazine groups is 1. The van der Waals surface area contributed by atoms with Gasteiger partial charge in [0.15, 0.2) is 0 Å². The number of rotatable bonds is 4. The van der Waals surface area contributed by atoms with Gasteiger partial charge in [-0.05, 0) is 32.9 Å². The number of nitrogens with one attached hydrogen (secondary N) is 2. The Bertz CT molecular complexity index is 734. The van der Waals surface area contributed by atoms with Crippen molar-refractivity contribution in [3.8, 4) is 5.75 Å². The van der Waals surface area contributed by atoms with Crippen molar-refractivity contribution in [3.63, 3.8) is 0 Å². The quantitative estimate of drug-likeness (QED) is 0.848. The second-order valence-electron chi connectivity index (χ2n) is 5.32. The van der Waals surface area contributed by atoms with Crippen LogP contribution >= 0.6 is 0 Å². The fourth-order valence-corrected chi connectivity index (χ4v) is 2.31. The second-order valence-corrected chi connectivity index (χ2v) is 5.32. The molecule has 0 atom stereocenters. The number of benzene rings is 1. The summed E-state index contributed by atoms with van der Waals surface area (Å²) in [5, 5.41) is 0. The number of hydrogen-bond acceptors (Lipinski definition) is 4. The zero-order chi connectivity index (χ0) is 17.0. The molecule has 2 amide bonds. The van der Waals surface area contributed by atoms with Crippen molar-refractivity contribution in [2.45, 2.75) is 27.2 Å². The largest absolute Gasteiger partial charge is 0.496 e. The Hall–Kier alpha value is -2.76. The smallest absolute Gasteiger partial charge is 0.273 e. The van der Waals surface area contributed by atoms with Crippen LogP contribution in [0, 0.1) is 20.8 Å². The molecule has 0 spiro atoms. The molecule has 1 aromatic carbocycles. The minimum atomic E-state index is -0.413. The summed E-state index contributed by atoms with van der Waals surface area (Å²) >= 11 is 0. The van der Waals surface area contributed by atoms with E-state index in [0.29, 0.717) is 22.8 Å². The fourth-order valence-electron chi connectivity index (χ4n) is 2.31. The molecular weight excluding hydrogens is 296 g/mol. The van der Waals surface area contributed by atoms with Gasteiger partial charge < -0.3 is 9.15 Å². The van der Waals surface area contributed by atoms with Crippen molar-refractivity contribution in [2.24, 2.45) is 0 Å². The van der Waals surface area contributed by atoms with Gasteiger partial charge in [-0.25, -0.2) is 0 Å². The summed E-state index contributed by atoms with van der Waals surface area (Å²) in [6.45, 7) is 5.39. The van der Waals surface area contributed by atoms with Crippen LogP contribution in [-0.2, 0) is 11.2 Å². The first-order valence-electron chi connectivity index (χ1n) is 7.20. The van der Waals surface area contributed by atoms with E-state index in [1.54, 1.807) is 27.0 Å². The Kier molecular flexibility index (Phi) is 5.05. The Balaban J connectivity index is 1.97. The average Bonchev–Trinajstić information content (AvgIpc) is 2.84. The molecule has 0 aliphatic heterocycles. The molecule has 6 nitrogen and oxygen atoms in total. The monoisotopic (exact) mass is 316 g/mol. The van der Waals surface area contributed by atoms with E-state index < -0.39 is 5.91 Å². The van der Waals surface area contributed by atoms with E-state index in [0.717, 1.165) is 11.1 Å². The lowest BCUT2D eigenvalue weighted by atomic mass is 10.1. The highest BCUT2D eigenvalue weighted by atomic mass is 16.5. The molecule has 6 heteroatoms. The Morgan fingerprint density at radius 2 is 1.87 bits per heavy atom. The third-order valence-electron chi connectivity index (χ3n) is 3.39. The Morgan fingerprint density at radius 1 is 1.13 bits per heavy atom. The van der Waals surface area contributed by atoms with Gasteiger partial charge in [0.2, 0.25) is 5.91 Å². The van der Waals surface area contributed by atoms with Gasteiger partial charge in [-0.2, -0.15) is 0 Å². The number of methoxy groups -OCH3 is 1. The number of ether oxygens (including phenoxy) is 1. The Labute approximate surface area is 134 Å². The first-order chi connectivity index (χ1) is 10.9. The average molecular weight is 316 g/mol. The van der Waals surface area contributed by atoms with E-state index in [-0.39, 0.29) is 12.3 Å². The summed E-state index contributed by atoms with van der Waals surface area (Å²) < 4.78 is 10.5. The molecule has 0 saturated heterocycles. The van der Waals surface area contributed by atoms with E-state index in [9.17, 15) is 9.59 Å². The van der Waals surface area contributed by atoms with E-state index >= 15 is 0 Å². The molecule has 0 saturated carbocycles. The van der Waals surface area contributed by atoms with E-state index in [4.69, 9.17) is 9.15 Å². The predicted molar refractivity (Wildman–Crippen MR) is 85.2 cm³/mol. The molecule has 0 aliphatic rings. The molecule has 2 rings (SSSR count). The number of carbonyl (C=O) groups is 2. The molecule has 2 N–H and O–H groups in total. The van der Waals surface area contributed by atoms with Crippen molar-refractivity contribution in [1.82, 2.24) is 10.9 Å². The lowest BCUT2D eigenvalue weighted by Gasteiger charge is -2.10. The summed E-state index contributed by atoms with van der Waals surface area (Å²) in [4.78, 5) is 24.0. The van der Waals surface area contributed by atoms with Gasteiger partial charge in [-0.3, -0.25) is 20.4 Å². The molecular formula is C17H20N2O4. The van der Waals surface area contributed by atoms with Crippen molar-refractivity contribution < 1.29 is 18.7 Å². The molecule has 23 heavy (non-hydrogen) atoms. The minimum absolute atomic E-state index is 0.106. The maximum atomic E-state index is 12.0. The zero-order valence-electron chi connectivity index (χ0n) is 13.6. The minimum Gasteiger partial charge on any atom is -0.496 e. The van der Waals surface area contributed by atoms with Crippen LogP contribution in [0.1, 0.15) is 33.0 Å². The molecule has 2 aromatic rings. The SMILES string of the molecule is COc1ccc(C)cc1CC(=O)NNC(=O)c1cc(C)oc1C. The highest BCUT2D eigenvalue weighted by molar-refractivity contribution is 5.96. The lowest BCUT2D eigenvalue weighted by molar-refractivity contribution is -0.121. The zero-order valence-corrected chi connectivity index (χ0v) is 13.6. The van der Waals surface area contributed by atoms with Crippen molar-refractivity contribution in [2.75, 3.05) is 7.11 Å². The number of furan rings is 1. The van der Waals surface area contributed by atoms with Gasteiger partial charge in [-0.1, -0.05) is 17.7 Å². The van der Waals surface area contributed by atoms with Crippen LogP contribution in [0.5, 0.6) is 5.75 Å².